The molecule has 0 amide bonds. The molecular weight excluding hydrogens is 358 g/mol. The molecule has 1 atom stereocenters. The van der Waals surface area contributed by atoms with Gasteiger partial charge >= 0.3 is 0 Å². The van der Waals surface area contributed by atoms with Crippen molar-refractivity contribution >= 4 is 23.6 Å². The van der Waals surface area contributed by atoms with E-state index in [1.165, 1.54) is 31.4 Å². The molecule has 1 unspecified atom stereocenters. The number of benzene rings is 1. The first-order valence-electron chi connectivity index (χ1n) is 10.0. The first-order chi connectivity index (χ1) is 12.9. The largest absolute Gasteiger partial charge is 0.367 e. The van der Waals surface area contributed by atoms with E-state index >= 15 is 0 Å². The van der Waals surface area contributed by atoms with Gasteiger partial charge in [-0.25, -0.2) is 0 Å². The first-order valence-corrected chi connectivity index (χ1v) is 10.4. The topological polar surface area (TPSA) is 47.3 Å². The molecule has 5 heteroatoms. The van der Waals surface area contributed by atoms with Gasteiger partial charge in [-0.05, 0) is 62.9 Å². The molecule has 1 aromatic carbocycles. The van der Waals surface area contributed by atoms with Gasteiger partial charge in [0, 0.05) is 31.2 Å². The van der Waals surface area contributed by atoms with Gasteiger partial charge in [0.05, 0.1) is 10.6 Å². The molecular formula is C22H32ClN3O. The van der Waals surface area contributed by atoms with Crippen LogP contribution in [0.25, 0.3) is 0 Å². The van der Waals surface area contributed by atoms with E-state index < -0.39 is 0 Å². The molecule has 1 aliphatic heterocycles. The summed E-state index contributed by atoms with van der Waals surface area (Å²) in [6, 6.07) is 8.59. The Hall–Kier alpha value is -1.57. The number of anilines is 1. The third-order valence-electron chi connectivity index (χ3n) is 5.46. The van der Waals surface area contributed by atoms with Gasteiger partial charge in [-0.2, -0.15) is 5.26 Å². The van der Waals surface area contributed by atoms with E-state index in [1.54, 1.807) is 0 Å². The lowest BCUT2D eigenvalue weighted by atomic mass is 9.84. The number of likely N-dealkylation sites (tertiary alicyclic amines) is 1. The van der Waals surface area contributed by atoms with Crippen LogP contribution in [0.1, 0.15) is 51.5 Å². The zero-order chi connectivity index (χ0) is 19.8. The number of aldehydes is 1. The number of carbonyl (C=O) groups is 1. The SMILES string of the molecule is CC(C)CC=O.CN1CCC(N(CC2CCC2)c2ccc(C#N)c(Cl)c2)C1. The number of rotatable bonds is 6. The summed E-state index contributed by atoms with van der Waals surface area (Å²) < 4.78 is 0. The minimum atomic E-state index is 0.530. The van der Waals surface area contributed by atoms with Crippen molar-refractivity contribution in [1.82, 2.24) is 4.90 Å². The quantitative estimate of drug-likeness (QED) is 0.658. The lowest BCUT2D eigenvalue weighted by Gasteiger charge is -2.37. The van der Waals surface area contributed by atoms with Gasteiger partial charge in [0.15, 0.2) is 0 Å². The summed E-state index contributed by atoms with van der Waals surface area (Å²) in [6.07, 6.45) is 6.93. The van der Waals surface area contributed by atoms with Crippen LogP contribution in [0.3, 0.4) is 0 Å². The molecule has 0 spiro atoms. The summed E-state index contributed by atoms with van der Waals surface area (Å²) in [7, 11) is 2.19. The standard InChI is InChI=1S/C17H22ClN3.C5H10O/c1-20-8-7-16(12-20)21(11-13-3-2-4-13)15-6-5-14(10-19)17(18)9-15;1-5(2)3-4-6/h5-6,9,13,16H,2-4,7-8,11-12H2,1H3;4-5H,3H2,1-2H3. The molecule has 2 fully saturated rings. The van der Waals surface area contributed by atoms with Crippen molar-refractivity contribution in [2.24, 2.45) is 11.8 Å². The lowest BCUT2D eigenvalue weighted by Crippen LogP contribution is -2.41. The number of likely N-dealkylation sites (N-methyl/N-ethyl adjacent to an activating group) is 1. The van der Waals surface area contributed by atoms with Gasteiger partial charge in [-0.1, -0.05) is 31.9 Å². The van der Waals surface area contributed by atoms with E-state index in [0.717, 1.165) is 31.8 Å². The number of hydrogen-bond acceptors (Lipinski definition) is 4. The van der Waals surface area contributed by atoms with E-state index in [0.29, 0.717) is 29.0 Å². The van der Waals surface area contributed by atoms with Crippen molar-refractivity contribution in [2.75, 3.05) is 31.6 Å². The highest BCUT2D eigenvalue weighted by Crippen LogP contribution is 2.33. The molecule has 3 rings (SSSR count). The summed E-state index contributed by atoms with van der Waals surface area (Å²) >= 11 is 6.23. The molecule has 1 aliphatic carbocycles. The highest BCUT2D eigenvalue weighted by molar-refractivity contribution is 6.32. The fraction of sp³-hybridized carbons (Fsp3) is 0.636. The van der Waals surface area contributed by atoms with Gasteiger partial charge in [0.25, 0.3) is 0 Å². The van der Waals surface area contributed by atoms with Gasteiger partial charge in [0.1, 0.15) is 12.4 Å². The molecule has 0 aromatic heterocycles. The van der Waals surface area contributed by atoms with Crippen LogP contribution < -0.4 is 4.90 Å². The van der Waals surface area contributed by atoms with Crippen LogP contribution in [0.5, 0.6) is 0 Å². The molecule has 27 heavy (non-hydrogen) atoms. The minimum absolute atomic E-state index is 0.530. The van der Waals surface area contributed by atoms with Gasteiger partial charge in [-0.3, -0.25) is 0 Å². The molecule has 1 saturated heterocycles. The van der Waals surface area contributed by atoms with Gasteiger partial charge in [-0.15, -0.1) is 0 Å². The fourth-order valence-corrected chi connectivity index (χ4v) is 3.77. The zero-order valence-electron chi connectivity index (χ0n) is 16.8. The maximum absolute atomic E-state index is 9.62. The summed E-state index contributed by atoms with van der Waals surface area (Å²) in [4.78, 5) is 14.5. The first kappa shape index (κ1) is 21.7. The number of nitriles is 1. The van der Waals surface area contributed by atoms with Crippen molar-refractivity contribution in [2.45, 2.75) is 52.0 Å². The Morgan fingerprint density at radius 1 is 1.37 bits per heavy atom. The van der Waals surface area contributed by atoms with Gasteiger partial charge < -0.3 is 14.6 Å². The Bertz CT molecular complexity index is 651. The normalized spacial score (nSPS) is 19.8. The van der Waals surface area contributed by atoms with Crippen LogP contribution in [-0.4, -0.2) is 43.9 Å². The van der Waals surface area contributed by atoms with E-state index in [-0.39, 0.29) is 0 Å². The second-order valence-electron chi connectivity index (χ2n) is 8.23. The lowest BCUT2D eigenvalue weighted by molar-refractivity contribution is -0.108. The molecule has 1 heterocycles. The van der Waals surface area contributed by atoms with Crippen LogP contribution in [0, 0.1) is 23.2 Å². The van der Waals surface area contributed by atoms with E-state index in [9.17, 15) is 4.79 Å². The molecule has 148 valence electrons. The number of halogens is 1. The monoisotopic (exact) mass is 389 g/mol. The Morgan fingerprint density at radius 2 is 2.11 bits per heavy atom. The van der Waals surface area contributed by atoms with Crippen LogP contribution in [0.4, 0.5) is 5.69 Å². The third-order valence-corrected chi connectivity index (χ3v) is 5.77. The van der Waals surface area contributed by atoms with Crippen LogP contribution in [-0.2, 0) is 4.79 Å². The third kappa shape index (κ3) is 6.52. The van der Waals surface area contributed by atoms with Crippen molar-refractivity contribution in [1.29, 1.82) is 5.26 Å². The van der Waals surface area contributed by atoms with Crippen LogP contribution in [0.2, 0.25) is 5.02 Å². The van der Waals surface area contributed by atoms with Gasteiger partial charge in [0.2, 0.25) is 0 Å². The molecule has 2 aliphatic rings. The predicted molar refractivity (Wildman–Crippen MR) is 112 cm³/mol. The number of nitrogens with zero attached hydrogens (tertiary/aromatic N) is 3. The highest BCUT2D eigenvalue weighted by atomic mass is 35.5. The van der Waals surface area contributed by atoms with E-state index in [1.807, 2.05) is 26.0 Å². The van der Waals surface area contributed by atoms with Crippen LogP contribution in [0.15, 0.2) is 18.2 Å². The predicted octanol–water partition coefficient (Wildman–Crippen LogP) is 4.75. The van der Waals surface area contributed by atoms with E-state index in [4.69, 9.17) is 16.9 Å². The maximum atomic E-state index is 9.62. The summed E-state index contributed by atoms with van der Waals surface area (Å²) in [5.41, 5.74) is 1.73. The van der Waals surface area contributed by atoms with Crippen molar-refractivity contribution in [3.8, 4) is 6.07 Å². The Labute approximate surface area is 169 Å². The fourth-order valence-electron chi connectivity index (χ4n) is 3.55. The summed E-state index contributed by atoms with van der Waals surface area (Å²) in [6.45, 7) is 7.45. The molecule has 1 aromatic rings. The van der Waals surface area contributed by atoms with Crippen molar-refractivity contribution in [3.63, 3.8) is 0 Å². The average Bonchev–Trinajstić information content (AvgIpc) is 3.00. The van der Waals surface area contributed by atoms with E-state index in [2.05, 4.69) is 29.0 Å². The second-order valence-corrected chi connectivity index (χ2v) is 8.63. The summed E-state index contributed by atoms with van der Waals surface area (Å²) in [5, 5.41) is 9.60. The Morgan fingerprint density at radius 3 is 2.52 bits per heavy atom. The zero-order valence-corrected chi connectivity index (χ0v) is 17.6. The molecule has 0 N–H and O–H groups in total. The van der Waals surface area contributed by atoms with Crippen molar-refractivity contribution < 1.29 is 4.79 Å². The second kappa shape index (κ2) is 10.7. The minimum Gasteiger partial charge on any atom is -0.367 e. The molecule has 0 radical (unpaired) electrons. The highest BCUT2D eigenvalue weighted by Gasteiger charge is 2.29. The molecule has 4 nitrogen and oxygen atoms in total. The number of hydrogen-bond donors (Lipinski definition) is 0. The average molecular weight is 390 g/mol. The van der Waals surface area contributed by atoms with Crippen LogP contribution >= 0.6 is 11.6 Å². The molecule has 0 bridgehead atoms. The maximum Gasteiger partial charge on any atom is 0.120 e. The number of carbonyl (C=O) groups excluding carboxylic acids is 1. The Kier molecular flexibility index (Phi) is 8.60. The summed E-state index contributed by atoms with van der Waals surface area (Å²) in [5.74, 6) is 1.35. The molecule has 1 saturated carbocycles. The Balaban J connectivity index is 0.000000380. The van der Waals surface area contributed by atoms with Crippen molar-refractivity contribution in [3.05, 3.63) is 28.8 Å². The smallest absolute Gasteiger partial charge is 0.120 e.